The summed E-state index contributed by atoms with van der Waals surface area (Å²) in [6.07, 6.45) is 6.83. The molecular formula is C48H47ClN8O10S2. The quantitative estimate of drug-likeness (QED) is 0.0876. The van der Waals surface area contributed by atoms with Crippen molar-refractivity contribution in [1.29, 1.82) is 0 Å². The molecule has 3 amide bonds. The Balaban J connectivity index is 0.778. The van der Waals surface area contributed by atoms with E-state index in [1.807, 2.05) is 60.8 Å². The first kappa shape index (κ1) is 46.1. The molecule has 358 valence electrons. The number of hydrogen-bond acceptors (Lipinski definition) is 13. The van der Waals surface area contributed by atoms with E-state index in [2.05, 4.69) is 31.8 Å². The Kier molecular flexibility index (Phi) is 11.9. The largest absolute Gasteiger partial charge is 0.479 e. The van der Waals surface area contributed by atoms with Gasteiger partial charge >= 0.3 is 11.9 Å². The lowest BCUT2D eigenvalue weighted by atomic mass is 9.85. The Morgan fingerprint density at radius 3 is 2.49 bits per heavy atom. The van der Waals surface area contributed by atoms with Gasteiger partial charge in [0.15, 0.2) is 22.9 Å². The van der Waals surface area contributed by atoms with Crippen molar-refractivity contribution in [2.24, 2.45) is 0 Å². The predicted molar refractivity (Wildman–Crippen MR) is 259 cm³/mol. The highest BCUT2D eigenvalue weighted by molar-refractivity contribution is 7.88. The van der Waals surface area contributed by atoms with Crippen molar-refractivity contribution < 1.29 is 47.3 Å². The summed E-state index contributed by atoms with van der Waals surface area (Å²) in [4.78, 5) is 65.4. The Labute approximate surface area is 404 Å². The third-order valence-electron chi connectivity index (χ3n) is 13.6. The number of nitrogens with zero attached hydrogens (tertiary/aromatic N) is 6. The second-order valence-corrected chi connectivity index (χ2v) is 21.8. The number of aromatic carboxylic acids is 1. The first-order valence-electron chi connectivity index (χ1n) is 22.6. The molecule has 69 heavy (non-hydrogen) atoms. The van der Waals surface area contributed by atoms with Crippen LogP contribution in [-0.2, 0) is 30.2 Å². The maximum Gasteiger partial charge on any atom is 0.349 e. The Morgan fingerprint density at radius 1 is 0.971 bits per heavy atom. The number of benzene rings is 3. The van der Waals surface area contributed by atoms with E-state index in [9.17, 15) is 37.5 Å². The van der Waals surface area contributed by atoms with Gasteiger partial charge in [0.1, 0.15) is 16.8 Å². The molecular weight excluding hydrogens is 948 g/mol. The van der Waals surface area contributed by atoms with Gasteiger partial charge in [-0.25, -0.2) is 18.0 Å². The molecule has 3 saturated heterocycles. The molecule has 0 bridgehead atoms. The molecule has 0 radical (unpaired) electrons. The van der Waals surface area contributed by atoms with Crippen molar-refractivity contribution >= 4 is 96.1 Å². The van der Waals surface area contributed by atoms with E-state index < -0.39 is 46.1 Å². The van der Waals surface area contributed by atoms with E-state index in [0.29, 0.717) is 45.9 Å². The molecule has 3 aromatic heterocycles. The van der Waals surface area contributed by atoms with Gasteiger partial charge in [0.25, 0.3) is 5.91 Å². The molecule has 0 saturated carbocycles. The number of carbonyl (C=O) groups is 5. The van der Waals surface area contributed by atoms with Gasteiger partial charge in [-0.2, -0.15) is 9.40 Å². The minimum atomic E-state index is -3.84. The fourth-order valence-corrected chi connectivity index (χ4v) is 13.8. The number of carbonyl (C=O) groups excluding carboxylic acids is 3. The third kappa shape index (κ3) is 8.63. The van der Waals surface area contributed by atoms with Crippen molar-refractivity contribution in [2.75, 3.05) is 41.4 Å². The number of anilines is 3. The molecule has 0 aliphatic carbocycles. The first-order chi connectivity index (χ1) is 33.0. The van der Waals surface area contributed by atoms with Gasteiger partial charge in [-0.1, -0.05) is 41.9 Å². The zero-order chi connectivity index (χ0) is 48.5. The molecule has 2 atom stereocenters. The second kappa shape index (κ2) is 17.7. The van der Waals surface area contributed by atoms with Crippen molar-refractivity contribution in [3.8, 4) is 16.2 Å². The Bertz CT molecular complexity index is 3240. The zero-order valence-corrected chi connectivity index (χ0v) is 39.9. The van der Waals surface area contributed by atoms with E-state index >= 15 is 0 Å². The van der Waals surface area contributed by atoms with E-state index in [-0.39, 0.29) is 64.6 Å². The van der Waals surface area contributed by atoms with Crippen molar-refractivity contribution in [1.82, 2.24) is 24.2 Å². The number of aliphatic carboxylic acids is 1. The number of thiophene rings is 1. The summed E-state index contributed by atoms with van der Waals surface area (Å²) < 4.78 is 36.8. The van der Waals surface area contributed by atoms with Crippen LogP contribution in [0.15, 0.2) is 73.1 Å². The standard InChI is InChI=1S/C48H47ClN8O10S2/c1-48(2)21-29(50-28-6-3-5-27(19-28)43-41(49)42(67-24-39(59)60)44(68-43)47(63)64)15-18-56(48)69(65,66)25-30-22-55-23-31(20-37(55)53-52-30)54-16-13-26(14-17-54)32-9-10-35-40-33(32)7-4-8-34(40)46(62)57(35)36-11-12-38(58)51-45(36)61/h3-10,19-20,22-23,26,29,36,50H,11-18,21,24-25H2,1-2H3,(H,59,60)(H,63,64)(H,51,58,61). The van der Waals surface area contributed by atoms with Crippen LogP contribution in [-0.4, -0.2) is 111 Å². The summed E-state index contributed by atoms with van der Waals surface area (Å²) in [6, 6.07) is 18.1. The van der Waals surface area contributed by atoms with E-state index in [1.165, 1.54) is 4.31 Å². The average Bonchev–Trinajstić information content (AvgIpc) is 3.97. The topological polar surface area (TPSA) is 233 Å². The highest BCUT2D eigenvalue weighted by Gasteiger charge is 2.43. The van der Waals surface area contributed by atoms with E-state index in [1.54, 1.807) is 29.3 Å². The number of sulfonamides is 1. The molecule has 4 N–H and O–H groups in total. The molecule has 18 nitrogen and oxygen atoms in total. The number of fused-ring (bicyclic) bond motifs is 1. The van der Waals surface area contributed by atoms with Gasteiger partial charge in [-0.15, -0.1) is 16.4 Å². The number of hydrogen-bond donors (Lipinski definition) is 4. The molecule has 4 aliphatic rings. The lowest BCUT2D eigenvalue weighted by molar-refractivity contribution is -0.139. The summed E-state index contributed by atoms with van der Waals surface area (Å²) in [5, 5.41) is 35.3. The van der Waals surface area contributed by atoms with Crippen LogP contribution in [0.2, 0.25) is 5.02 Å². The molecule has 21 heteroatoms. The van der Waals surface area contributed by atoms with Crippen molar-refractivity contribution in [2.45, 2.75) is 81.7 Å². The van der Waals surface area contributed by atoms with E-state index in [4.69, 9.17) is 21.4 Å². The first-order valence-corrected chi connectivity index (χ1v) is 25.4. The molecule has 0 spiro atoms. The summed E-state index contributed by atoms with van der Waals surface area (Å²) in [5.41, 5.74) is 4.84. The van der Waals surface area contributed by atoms with Crippen LogP contribution in [0.1, 0.15) is 89.6 Å². The molecule has 4 aliphatic heterocycles. The van der Waals surface area contributed by atoms with Gasteiger partial charge in [0.05, 0.1) is 21.9 Å². The number of nitrogens with one attached hydrogen (secondary N) is 2. The number of piperidine rings is 3. The average molecular weight is 996 g/mol. The second-order valence-electron chi connectivity index (χ2n) is 18.5. The summed E-state index contributed by atoms with van der Waals surface area (Å²) in [6.45, 7) is 4.82. The fourth-order valence-electron chi connectivity index (χ4n) is 10.5. The minimum absolute atomic E-state index is 0.00413. The highest BCUT2D eigenvalue weighted by Crippen LogP contribution is 2.47. The van der Waals surface area contributed by atoms with Gasteiger partial charge < -0.3 is 29.6 Å². The normalized spacial score (nSPS) is 19.9. The molecule has 10 rings (SSSR count). The lowest BCUT2D eigenvalue weighted by Crippen LogP contribution is -2.55. The highest BCUT2D eigenvalue weighted by atomic mass is 35.5. The maximum absolute atomic E-state index is 14.1. The number of aromatic nitrogens is 3. The van der Waals surface area contributed by atoms with Crippen LogP contribution in [0.3, 0.4) is 0 Å². The molecule has 7 heterocycles. The number of amides is 3. The van der Waals surface area contributed by atoms with Crippen LogP contribution in [0.4, 0.5) is 17.1 Å². The Hall–Kier alpha value is -6.61. The smallest absolute Gasteiger partial charge is 0.349 e. The number of rotatable bonds is 13. The number of carboxylic acids is 2. The monoisotopic (exact) mass is 994 g/mol. The lowest BCUT2D eigenvalue weighted by Gasteiger charge is -2.44. The number of halogens is 1. The van der Waals surface area contributed by atoms with E-state index in [0.717, 1.165) is 65.0 Å². The molecule has 2 unspecified atom stereocenters. The zero-order valence-electron chi connectivity index (χ0n) is 37.5. The van der Waals surface area contributed by atoms with Crippen LogP contribution < -0.4 is 25.2 Å². The molecule has 3 fully saturated rings. The number of imide groups is 1. The third-order valence-corrected chi connectivity index (χ3v) is 17.3. The number of ether oxygens (including phenoxy) is 1. The van der Waals surface area contributed by atoms with Gasteiger partial charge in [-0.05, 0) is 92.6 Å². The maximum atomic E-state index is 14.1. The summed E-state index contributed by atoms with van der Waals surface area (Å²) >= 11 is 7.42. The van der Waals surface area contributed by atoms with Gasteiger partial charge in [-0.3, -0.25) is 24.6 Å². The Morgan fingerprint density at radius 2 is 1.75 bits per heavy atom. The minimum Gasteiger partial charge on any atom is -0.479 e. The SMILES string of the molecule is CC1(C)CC(Nc2cccc(-c3sc(C(=O)O)c(OCC(=O)O)c3Cl)c2)CCN1S(=O)(=O)Cc1cn2cc(N3CCC(c4ccc5c6c(cccc46)C(=O)N5C4CCC(=O)NC4=O)CC3)cc2nn1. The van der Waals surface area contributed by atoms with Crippen LogP contribution >= 0.6 is 22.9 Å². The van der Waals surface area contributed by atoms with Crippen molar-refractivity contribution in [3.63, 3.8) is 0 Å². The fraction of sp³-hybridized carbons (Fsp3) is 0.354. The summed E-state index contributed by atoms with van der Waals surface area (Å²) in [5.74, 6) is -3.88. The van der Waals surface area contributed by atoms with Crippen LogP contribution in [0.5, 0.6) is 5.75 Å². The van der Waals surface area contributed by atoms with Crippen LogP contribution in [0, 0.1) is 0 Å². The number of carboxylic acid groups (broad SMARTS) is 2. The molecule has 6 aromatic rings. The predicted octanol–water partition coefficient (Wildman–Crippen LogP) is 6.76. The van der Waals surface area contributed by atoms with Gasteiger partial charge in [0, 0.05) is 72.7 Å². The van der Waals surface area contributed by atoms with Crippen molar-refractivity contribution in [3.05, 3.63) is 99.8 Å². The molecule has 3 aromatic carbocycles. The summed E-state index contributed by atoms with van der Waals surface area (Å²) in [7, 11) is -3.84. The van der Waals surface area contributed by atoms with Gasteiger partial charge in [0.2, 0.25) is 21.8 Å². The van der Waals surface area contributed by atoms with Crippen LogP contribution in [0.25, 0.3) is 26.9 Å².